The lowest BCUT2D eigenvalue weighted by Crippen LogP contribution is -2.65. The van der Waals surface area contributed by atoms with Gasteiger partial charge in [0, 0.05) is 13.1 Å². The van der Waals surface area contributed by atoms with Gasteiger partial charge in [-0.2, -0.15) is 0 Å². The fraction of sp³-hybridized carbons (Fsp3) is 1.00. The second kappa shape index (κ2) is 5.15. The van der Waals surface area contributed by atoms with Crippen LogP contribution in [0.3, 0.4) is 0 Å². The summed E-state index contributed by atoms with van der Waals surface area (Å²) in [6.07, 6.45) is -4.08. The molecule has 4 atom stereocenters. The van der Waals surface area contributed by atoms with Crippen LogP contribution in [-0.4, -0.2) is 88.9 Å². The third kappa shape index (κ3) is 2.76. The zero-order valence-electron chi connectivity index (χ0n) is 9.53. The second-order valence-electron chi connectivity index (χ2n) is 4.55. The Hall–Kier alpha value is -0.280. The van der Waals surface area contributed by atoms with Crippen molar-refractivity contribution in [3.05, 3.63) is 0 Å². The van der Waals surface area contributed by atoms with E-state index in [1.54, 1.807) is 0 Å². The Morgan fingerprint density at radius 3 is 2.47 bits per heavy atom. The average molecular weight is 249 g/mol. The normalized spacial score (nSPS) is 44.8. The van der Waals surface area contributed by atoms with E-state index in [1.165, 1.54) is 0 Å². The molecule has 0 bridgehead atoms. The van der Waals surface area contributed by atoms with Crippen molar-refractivity contribution < 1.29 is 29.9 Å². The number of hydrogen-bond donors (Lipinski definition) is 4. The zero-order valence-corrected chi connectivity index (χ0v) is 9.53. The van der Waals surface area contributed by atoms with Crippen molar-refractivity contribution in [2.45, 2.75) is 24.1 Å². The van der Waals surface area contributed by atoms with E-state index in [2.05, 4.69) is 0 Å². The average Bonchev–Trinajstić information content (AvgIpc) is 2.34. The predicted octanol–water partition coefficient (Wildman–Crippen LogP) is -2.88. The van der Waals surface area contributed by atoms with Crippen LogP contribution in [0.4, 0.5) is 0 Å². The van der Waals surface area contributed by atoms with Gasteiger partial charge in [-0.1, -0.05) is 0 Å². The van der Waals surface area contributed by atoms with Crippen LogP contribution in [0, 0.1) is 0 Å². The van der Waals surface area contributed by atoms with Crippen LogP contribution < -0.4 is 0 Å². The number of morpholine rings is 1. The number of aliphatic hydroxyl groups excluding tert-OH is 3. The van der Waals surface area contributed by atoms with Gasteiger partial charge >= 0.3 is 0 Å². The van der Waals surface area contributed by atoms with E-state index in [-0.39, 0.29) is 13.2 Å². The molecule has 2 aliphatic rings. The first-order chi connectivity index (χ1) is 8.03. The lowest BCUT2D eigenvalue weighted by atomic mass is 9.96. The Kier molecular flexibility index (Phi) is 3.99. The van der Waals surface area contributed by atoms with Crippen LogP contribution in [0.5, 0.6) is 0 Å². The molecule has 2 rings (SSSR count). The molecule has 2 heterocycles. The molecule has 0 aromatic rings. The van der Waals surface area contributed by atoms with Gasteiger partial charge < -0.3 is 29.9 Å². The number of rotatable bonds is 2. The van der Waals surface area contributed by atoms with Crippen molar-refractivity contribution in [3.8, 4) is 0 Å². The summed E-state index contributed by atoms with van der Waals surface area (Å²) in [7, 11) is 0. The van der Waals surface area contributed by atoms with Gasteiger partial charge in [0.1, 0.15) is 18.3 Å². The maximum atomic E-state index is 10.2. The van der Waals surface area contributed by atoms with Gasteiger partial charge in [0.25, 0.3) is 0 Å². The van der Waals surface area contributed by atoms with E-state index in [0.717, 1.165) is 0 Å². The highest BCUT2D eigenvalue weighted by Crippen LogP contribution is 2.25. The fourth-order valence-corrected chi connectivity index (χ4v) is 2.11. The molecule has 7 nitrogen and oxygen atoms in total. The van der Waals surface area contributed by atoms with Crippen molar-refractivity contribution in [3.63, 3.8) is 0 Å². The summed E-state index contributed by atoms with van der Waals surface area (Å²) in [6.45, 7) is 2.29. The molecule has 2 saturated heterocycles. The highest BCUT2D eigenvalue weighted by molar-refractivity contribution is 4.93. The Morgan fingerprint density at radius 1 is 1.18 bits per heavy atom. The van der Waals surface area contributed by atoms with Crippen molar-refractivity contribution in [1.82, 2.24) is 4.90 Å². The molecule has 7 heteroatoms. The van der Waals surface area contributed by atoms with Crippen molar-refractivity contribution in [2.75, 3.05) is 39.5 Å². The number of aliphatic hydroxyl groups is 4. The van der Waals surface area contributed by atoms with Gasteiger partial charge in [-0.05, 0) is 0 Å². The summed E-state index contributed by atoms with van der Waals surface area (Å²) in [4.78, 5) is 1.89. The minimum atomic E-state index is -1.84. The monoisotopic (exact) mass is 249 g/mol. The molecule has 0 amide bonds. The molecule has 0 aromatic carbocycles. The number of β-amino-alcohol motifs (C(OH)–C–C–N with tert-alkyl or cyclic N) is 1. The summed E-state index contributed by atoms with van der Waals surface area (Å²) >= 11 is 0. The summed E-state index contributed by atoms with van der Waals surface area (Å²) in [5.41, 5.74) is 0. The quantitative estimate of drug-likeness (QED) is 0.417. The standard InChI is InChI=1S/C10H19NO6/c12-7-5-17-10(15,9(14)8(7)13)6-11-1-3-16-4-2-11/h7-9,12-15H,1-6H2/t7-,8-,9+,10-/m1/s1. The summed E-state index contributed by atoms with van der Waals surface area (Å²) in [5, 5.41) is 38.7. The Morgan fingerprint density at radius 2 is 1.82 bits per heavy atom. The van der Waals surface area contributed by atoms with Crippen LogP contribution in [0.15, 0.2) is 0 Å². The minimum Gasteiger partial charge on any atom is -0.388 e. The first kappa shape index (κ1) is 13.2. The Bertz CT molecular complexity index is 259. The fourth-order valence-electron chi connectivity index (χ4n) is 2.11. The topological polar surface area (TPSA) is 103 Å². The van der Waals surface area contributed by atoms with E-state index in [1.807, 2.05) is 4.90 Å². The molecule has 0 radical (unpaired) electrons. The van der Waals surface area contributed by atoms with Crippen LogP contribution in [0.2, 0.25) is 0 Å². The highest BCUT2D eigenvalue weighted by atomic mass is 16.6. The third-order valence-corrected chi connectivity index (χ3v) is 3.24. The van der Waals surface area contributed by atoms with Crippen molar-refractivity contribution >= 4 is 0 Å². The van der Waals surface area contributed by atoms with Crippen LogP contribution >= 0.6 is 0 Å². The molecule has 17 heavy (non-hydrogen) atoms. The smallest absolute Gasteiger partial charge is 0.207 e. The third-order valence-electron chi connectivity index (χ3n) is 3.24. The van der Waals surface area contributed by atoms with Crippen LogP contribution in [-0.2, 0) is 9.47 Å². The summed E-state index contributed by atoms with van der Waals surface area (Å²) < 4.78 is 10.2. The van der Waals surface area contributed by atoms with E-state index in [4.69, 9.17) is 9.47 Å². The molecule has 2 fully saturated rings. The lowest BCUT2D eigenvalue weighted by molar-refractivity contribution is -0.326. The summed E-state index contributed by atoms with van der Waals surface area (Å²) in [5.74, 6) is -1.84. The van der Waals surface area contributed by atoms with Crippen LogP contribution in [0.25, 0.3) is 0 Å². The van der Waals surface area contributed by atoms with E-state index >= 15 is 0 Å². The Labute approximate surface area is 99.2 Å². The lowest BCUT2D eigenvalue weighted by Gasteiger charge is -2.44. The molecule has 100 valence electrons. The van der Waals surface area contributed by atoms with Gasteiger partial charge in [-0.3, -0.25) is 4.90 Å². The van der Waals surface area contributed by atoms with Gasteiger partial charge in [0.05, 0.1) is 26.4 Å². The Balaban J connectivity index is 1.97. The molecular weight excluding hydrogens is 230 g/mol. The number of ether oxygens (including phenoxy) is 2. The van der Waals surface area contributed by atoms with E-state index < -0.39 is 24.1 Å². The van der Waals surface area contributed by atoms with Gasteiger partial charge in [0.2, 0.25) is 5.79 Å². The maximum absolute atomic E-state index is 10.2. The molecular formula is C10H19NO6. The van der Waals surface area contributed by atoms with Crippen molar-refractivity contribution in [1.29, 1.82) is 0 Å². The summed E-state index contributed by atoms with van der Waals surface area (Å²) in [6, 6.07) is 0. The largest absolute Gasteiger partial charge is 0.388 e. The first-order valence-electron chi connectivity index (χ1n) is 5.73. The number of hydrogen-bond acceptors (Lipinski definition) is 7. The zero-order chi connectivity index (χ0) is 12.5. The van der Waals surface area contributed by atoms with Gasteiger partial charge in [-0.25, -0.2) is 0 Å². The van der Waals surface area contributed by atoms with Gasteiger partial charge in [-0.15, -0.1) is 0 Å². The molecule has 2 aliphatic heterocycles. The molecule has 0 aromatic heterocycles. The van der Waals surface area contributed by atoms with Crippen LogP contribution in [0.1, 0.15) is 0 Å². The minimum absolute atomic E-state index is 0.0846. The van der Waals surface area contributed by atoms with E-state index in [0.29, 0.717) is 26.3 Å². The molecule has 0 aliphatic carbocycles. The van der Waals surface area contributed by atoms with Crippen molar-refractivity contribution in [2.24, 2.45) is 0 Å². The predicted molar refractivity (Wildman–Crippen MR) is 56.2 cm³/mol. The molecule has 4 N–H and O–H groups in total. The maximum Gasteiger partial charge on any atom is 0.207 e. The second-order valence-corrected chi connectivity index (χ2v) is 4.55. The SMILES string of the molecule is O[C@@H]1[C@H](O)CO[C@](O)(CN2CCOCC2)[C@H]1O. The number of nitrogens with zero attached hydrogens (tertiary/aromatic N) is 1. The van der Waals surface area contributed by atoms with E-state index in [9.17, 15) is 20.4 Å². The highest BCUT2D eigenvalue weighted by Gasteiger charge is 2.49. The molecule has 0 spiro atoms. The first-order valence-corrected chi connectivity index (χ1v) is 5.73. The van der Waals surface area contributed by atoms with Gasteiger partial charge in [0.15, 0.2) is 0 Å². The molecule has 0 unspecified atom stereocenters. The molecule has 0 saturated carbocycles.